The molecule has 52 heavy (non-hydrogen) atoms. The second-order valence-electron chi connectivity index (χ2n) is 15.8. The molecule has 7 aromatic rings. The molecule has 0 amide bonds. The lowest BCUT2D eigenvalue weighted by molar-refractivity contribution is 0.477. The van der Waals surface area contributed by atoms with Gasteiger partial charge in [0.05, 0.1) is 5.52 Å². The Balaban J connectivity index is 1.21. The molecule has 3 aliphatic carbocycles. The molecule has 0 spiro atoms. The summed E-state index contributed by atoms with van der Waals surface area (Å²) < 4.78 is 2.54. The van der Waals surface area contributed by atoms with Gasteiger partial charge in [-0.15, -0.1) is 0 Å². The Kier molecular flexibility index (Phi) is 7.12. The summed E-state index contributed by atoms with van der Waals surface area (Å²) in [6.45, 7) is 7.06. The highest BCUT2D eigenvalue weighted by atomic mass is 15.0. The third-order valence-electron chi connectivity index (χ3n) is 11.7. The van der Waals surface area contributed by atoms with E-state index in [4.69, 9.17) is 0 Å². The average molecular weight is 671 g/mol. The SMILES string of the molecule is CC(C)(C)C1=Cc2ccc3c(-c4cccc(-n5c6c(c7ccccc75)CC=CCC6)c4)cc(-c4ccc(-c5cccnc5)cc4)c4c3c2C(C=C4)C1. The van der Waals surface area contributed by atoms with Gasteiger partial charge >= 0.3 is 0 Å². The van der Waals surface area contributed by atoms with Crippen molar-refractivity contribution in [2.45, 2.75) is 52.4 Å². The fraction of sp³-hybridized carbons (Fsp3) is 0.180. The van der Waals surface area contributed by atoms with E-state index in [0.29, 0.717) is 5.92 Å². The van der Waals surface area contributed by atoms with Gasteiger partial charge in [-0.25, -0.2) is 0 Å². The van der Waals surface area contributed by atoms with Gasteiger partial charge in [-0.05, 0) is 128 Å². The third kappa shape index (κ3) is 4.96. The van der Waals surface area contributed by atoms with Crippen LogP contribution < -0.4 is 0 Å². The Morgan fingerprint density at radius 1 is 0.731 bits per heavy atom. The van der Waals surface area contributed by atoms with Crippen LogP contribution >= 0.6 is 0 Å². The summed E-state index contributed by atoms with van der Waals surface area (Å²) in [5, 5.41) is 4.12. The van der Waals surface area contributed by atoms with Gasteiger partial charge in [0.1, 0.15) is 0 Å². The number of nitrogens with zero attached hydrogens (tertiary/aromatic N) is 2. The van der Waals surface area contributed by atoms with E-state index in [0.717, 1.165) is 31.2 Å². The van der Waals surface area contributed by atoms with Crippen molar-refractivity contribution in [3.63, 3.8) is 0 Å². The molecule has 1 atom stereocenters. The fourth-order valence-corrected chi connectivity index (χ4v) is 9.12. The molecule has 5 aromatic carbocycles. The summed E-state index contributed by atoms with van der Waals surface area (Å²) in [4.78, 5) is 4.37. The molecular formula is C50H42N2. The predicted molar refractivity (Wildman–Crippen MR) is 220 cm³/mol. The van der Waals surface area contributed by atoms with Crippen molar-refractivity contribution >= 4 is 33.8 Å². The van der Waals surface area contributed by atoms with Crippen molar-refractivity contribution in [2.24, 2.45) is 5.41 Å². The highest BCUT2D eigenvalue weighted by Gasteiger charge is 2.31. The Labute approximate surface area is 306 Å². The van der Waals surface area contributed by atoms with E-state index >= 15 is 0 Å². The Bertz CT molecular complexity index is 2640. The van der Waals surface area contributed by atoms with Gasteiger partial charge in [0.25, 0.3) is 0 Å². The average Bonchev–Trinajstić information content (AvgIpc) is 3.29. The van der Waals surface area contributed by atoms with Gasteiger partial charge in [0.15, 0.2) is 0 Å². The maximum absolute atomic E-state index is 4.37. The van der Waals surface area contributed by atoms with Crippen LogP contribution in [0.25, 0.3) is 72.9 Å². The lowest BCUT2D eigenvalue weighted by Crippen LogP contribution is -2.17. The molecule has 0 radical (unpaired) electrons. The quantitative estimate of drug-likeness (QED) is 0.170. The van der Waals surface area contributed by atoms with Gasteiger partial charge in [0.2, 0.25) is 0 Å². The van der Waals surface area contributed by atoms with Crippen molar-refractivity contribution in [3.8, 4) is 39.1 Å². The minimum absolute atomic E-state index is 0.140. The van der Waals surface area contributed by atoms with Crippen molar-refractivity contribution in [1.82, 2.24) is 9.55 Å². The molecule has 0 bridgehead atoms. The first-order chi connectivity index (χ1) is 25.4. The molecule has 10 rings (SSSR count). The van der Waals surface area contributed by atoms with E-state index in [1.54, 1.807) is 0 Å². The Morgan fingerprint density at radius 3 is 2.42 bits per heavy atom. The summed E-state index contributed by atoms with van der Waals surface area (Å²) in [6.07, 6.45) is 20.0. The molecule has 0 saturated carbocycles. The summed E-state index contributed by atoms with van der Waals surface area (Å²) in [5.41, 5.74) is 18.7. The highest BCUT2D eigenvalue weighted by Crippen LogP contribution is 2.51. The topological polar surface area (TPSA) is 17.8 Å². The number of hydrogen-bond donors (Lipinski definition) is 0. The molecule has 0 aliphatic heterocycles. The van der Waals surface area contributed by atoms with Gasteiger partial charge in [0, 0.05) is 35.1 Å². The largest absolute Gasteiger partial charge is 0.313 e. The smallest absolute Gasteiger partial charge is 0.0534 e. The van der Waals surface area contributed by atoms with Crippen LogP contribution in [-0.4, -0.2) is 9.55 Å². The number of pyridine rings is 1. The maximum atomic E-state index is 4.37. The molecule has 2 heteroatoms. The molecule has 0 saturated heterocycles. The fourth-order valence-electron chi connectivity index (χ4n) is 9.12. The monoisotopic (exact) mass is 670 g/mol. The molecule has 2 heterocycles. The van der Waals surface area contributed by atoms with Crippen molar-refractivity contribution in [3.05, 3.63) is 167 Å². The third-order valence-corrected chi connectivity index (χ3v) is 11.7. The minimum atomic E-state index is 0.140. The standard InChI is InChI=1S/C50H42N2/c1-50(2,3)38-27-35-22-24-42-44(33-20-18-32(19-21-33)37-12-10-26-51-31-37)30-45(43-25-23-36(28-38)48(35)49(42)43)34-11-9-13-39(29-34)52-46-16-6-4-5-14-40(46)41-15-7-8-17-47(41)52/h4-5,7-13,15,17-26,28-31,35H,6,14,16,27H2,1-3H3. The summed E-state index contributed by atoms with van der Waals surface area (Å²) >= 11 is 0. The lowest BCUT2D eigenvalue weighted by atomic mass is 9.70. The normalized spacial score (nSPS) is 16.2. The maximum Gasteiger partial charge on any atom is 0.0534 e. The zero-order chi connectivity index (χ0) is 35.0. The molecule has 252 valence electrons. The summed E-state index contributed by atoms with van der Waals surface area (Å²) in [6, 6.07) is 38.7. The van der Waals surface area contributed by atoms with Gasteiger partial charge in [-0.3, -0.25) is 4.98 Å². The van der Waals surface area contributed by atoms with Crippen LogP contribution in [0.4, 0.5) is 0 Å². The number of benzene rings is 5. The number of fused-ring (bicyclic) bond motifs is 3. The van der Waals surface area contributed by atoms with Crippen molar-refractivity contribution in [2.75, 3.05) is 0 Å². The van der Waals surface area contributed by atoms with Crippen molar-refractivity contribution < 1.29 is 0 Å². The van der Waals surface area contributed by atoms with E-state index in [2.05, 4.69) is 158 Å². The zero-order valence-corrected chi connectivity index (χ0v) is 30.2. The first kappa shape index (κ1) is 31.0. The molecule has 0 N–H and O–H groups in total. The zero-order valence-electron chi connectivity index (χ0n) is 30.2. The predicted octanol–water partition coefficient (Wildman–Crippen LogP) is 13.2. The summed E-state index contributed by atoms with van der Waals surface area (Å²) in [7, 11) is 0. The molecular weight excluding hydrogens is 629 g/mol. The van der Waals surface area contributed by atoms with Gasteiger partial charge < -0.3 is 4.57 Å². The number of hydrogen-bond acceptors (Lipinski definition) is 1. The van der Waals surface area contributed by atoms with E-state index in [9.17, 15) is 0 Å². The molecule has 1 unspecified atom stereocenters. The second-order valence-corrected chi connectivity index (χ2v) is 15.8. The van der Waals surface area contributed by atoms with E-state index in [1.165, 1.54) is 88.7 Å². The van der Waals surface area contributed by atoms with E-state index in [1.807, 2.05) is 18.5 Å². The first-order valence-corrected chi connectivity index (χ1v) is 18.8. The van der Waals surface area contributed by atoms with Crippen molar-refractivity contribution in [1.29, 1.82) is 0 Å². The first-order valence-electron chi connectivity index (χ1n) is 18.8. The Hall–Kier alpha value is -5.73. The number of para-hydroxylation sites is 1. The number of aromatic nitrogens is 2. The van der Waals surface area contributed by atoms with Gasteiger partial charge in [-0.1, -0.05) is 130 Å². The number of rotatable bonds is 4. The Morgan fingerprint density at radius 2 is 1.58 bits per heavy atom. The summed E-state index contributed by atoms with van der Waals surface area (Å²) in [5.74, 6) is 0.378. The van der Waals surface area contributed by atoms with Crippen LogP contribution in [0.1, 0.15) is 67.5 Å². The lowest BCUT2D eigenvalue weighted by Gasteiger charge is -2.34. The molecule has 2 nitrogen and oxygen atoms in total. The van der Waals surface area contributed by atoms with Crippen LogP contribution in [0.5, 0.6) is 0 Å². The second kappa shape index (κ2) is 11.9. The van der Waals surface area contributed by atoms with E-state index in [-0.39, 0.29) is 5.41 Å². The highest BCUT2D eigenvalue weighted by molar-refractivity contribution is 6.10. The van der Waals surface area contributed by atoms with E-state index < -0.39 is 0 Å². The minimum Gasteiger partial charge on any atom is -0.313 e. The van der Waals surface area contributed by atoms with Crippen LogP contribution in [0.15, 0.2) is 139 Å². The number of allylic oxidation sites excluding steroid dienone is 4. The van der Waals surface area contributed by atoms with Crippen LogP contribution in [0.3, 0.4) is 0 Å². The van der Waals surface area contributed by atoms with Crippen LogP contribution in [0.2, 0.25) is 0 Å². The van der Waals surface area contributed by atoms with Crippen LogP contribution in [0, 0.1) is 5.41 Å². The molecule has 2 aromatic heterocycles. The molecule has 3 aliphatic rings. The van der Waals surface area contributed by atoms with Crippen LogP contribution in [-0.2, 0) is 12.8 Å². The van der Waals surface area contributed by atoms with Gasteiger partial charge in [-0.2, -0.15) is 0 Å². The molecule has 0 fully saturated rings.